The van der Waals surface area contributed by atoms with Gasteiger partial charge in [0.05, 0.1) is 48.6 Å². The van der Waals surface area contributed by atoms with Crippen LogP contribution in [0.4, 0.5) is 22.0 Å². The van der Waals surface area contributed by atoms with Crippen LogP contribution in [0.5, 0.6) is 17.2 Å². The van der Waals surface area contributed by atoms with E-state index in [-0.39, 0.29) is 17.9 Å². The van der Waals surface area contributed by atoms with E-state index < -0.39 is 48.7 Å². The third-order valence-electron chi connectivity index (χ3n) is 7.97. The number of pyridine rings is 1. The Balaban J connectivity index is 1.48. The van der Waals surface area contributed by atoms with Crippen molar-refractivity contribution in [3.05, 3.63) is 71.8 Å². The summed E-state index contributed by atoms with van der Waals surface area (Å²) in [5, 5.41) is 28.5. The Morgan fingerprint density at radius 1 is 1.04 bits per heavy atom. The molecule has 0 spiro atoms. The van der Waals surface area contributed by atoms with Crippen molar-refractivity contribution in [2.24, 2.45) is 14.1 Å². The van der Waals surface area contributed by atoms with Crippen LogP contribution in [0.2, 0.25) is 0 Å². The number of amides is 1. The lowest BCUT2D eigenvalue weighted by molar-refractivity contribution is -0.294. The number of fused-ring (bicyclic) bond motifs is 1. The molecule has 6 rings (SSSR count). The maximum absolute atomic E-state index is 13.7. The van der Waals surface area contributed by atoms with Gasteiger partial charge in [-0.2, -0.15) is 37.4 Å². The Morgan fingerprint density at radius 2 is 1.76 bits per heavy atom. The average molecular weight is 684 g/mol. The van der Waals surface area contributed by atoms with Gasteiger partial charge in [0.1, 0.15) is 35.5 Å². The number of carbonyl (C=O) groups is 1. The monoisotopic (exact) mass is 683 g/mol. The lowest BCUT2D eigenvalue weighted by Gasteiger charge is -2.47. The molecule has 254 valence electrons. The number of hydrogen-bond acceptors (Lipinski definition) is 9. The zero-order valence-corrected chi connectivity index (χ0v) is 26.0. The van der Waals surface area contributed by atoms with Gasteiger partial charge in [-0.1, -0.05) is 0 Å². The summed E-state index contributed by atoms with van der Waals surface area (Å²) in [5.41, 5.74) is -0.382. The molecule has 49 heavy (non-hydrogen) atoms. The van der Waals surface area contributed by atoms with E-state index in [1.807, 2.05) is 6.07 Å². The highest BCUT2D eigenvalue weighted by Crippen LogP contribution is 2.45. The lowest BCUT2D eigenvalue weighted by Crippen LogP contribution is -2.70. The predicted molar refractivity (Wildman–Crippen MR) is 162 cm³/mol. The molecule has 0 saturated carbocycles. The van der Waals surface area contributed by atoms with Crippen LogP contribution in [-0.4, -0.2) is 79.0 Å². The summed E-state index contributed by atoms with van der Waals surface area (Å²) < 4.78 is 86.7. The first-order valence-corrected chi connectivity index (χ1v) is 14.4. The smallest absolute Gasteiger partial charge is 0.420 e. The van der Waals surface area contributed by atoms with Crippen LogP contribution in [0, 0.1) is 11.3 Å². The van der Waals surface area contributed by atoms with Gasteiger partial charge in [0.25, 0.3) is 5.91 Å². The molecular formula is C32H26F5N7O5. The third-order valence-corrected chi connectivity index (χ3v) is 7.97. The molecule has 0 radical (unpaired) electrons. The van der Waals surface area contributed by atoms with E-state index in [4.69, 9.17) is 14.2 Å². The number of nitrogens with zero attached hydrogens (tertiary/aromatic N) is 7. The van der Waals surface area contributed by atoms with Gasteiger partial charge in [-0.05, 0) is 35.9 Å². The summed E-state index contributed by atoms with van der Waals surface area (Å²) in [6, 6.07) is 9.63. The number of aryl methyl sites for hydroxylation is 2. The van der Waals surface area contributed by atoms with Crippen molar-refractivity contribution in [3.63, 3.8) is 0 Å². The number of aliphatic hydroxyl groups is 1. The molecule has 0 bridgehead atoms. The van der Waals surface area contributed by atoms with Gasteiger partial charge >= 0.3 is 12.8 Å². The van der Waals surface area contributed by atoms with Crippen LogP contribution in [0.25, 0.3) is 33.3 Å². The van der Waals surface area contributed by atoms with E-state index in [0.717, 1.165) is 18.7 Å². The molecular weight excluding hydrogens is 657 g/mol. The minimum absolute atomic E-state index is 0.0148. The molecule has 1 saturated heterocycles. The van der Waals surface area contributed by atoms with E-state index in [1.54, 1.807) is 49.4 Å². The summed E-state index contributed by atoms with van der Waals surface area (Å²) in [6.07, 6.45) is 1.37. The number of benzene rings is 2. The first kappa shape index (κ1) is 33.2. The van der Waals surface area contributed by atoms with E-state index in [0.29, 0.717) is 43.9 Å². The normalized spacial score (nSPS) is 14.1. The molecule has 1 aliphatic rings. The second-order valence-electron chi connectivity index (χ2n) is 11.3. The lowest BCUT2D eigenvalue weighted by atomic mass is 9.92. The number of nitriles is 1. The highest BCUT2D eigenvalue weighted by molar-refractivity contribution is 6.04. The van der Waals surface area contributed by atoms with Gasteiger partial charge in [-0.25, -0.2) is 0 Å². The fourth-order valence-corrected chi connectivity index (χ4v) is 5.62. The average Bonchev–Trinajstić information content (AvgIpc) is 3.62. The summed E-state index contributed by atoms with van der Waals surface area (Å²) in [5.74, 6) is -1.74. The Labute approximate surface area is 274 Å². The predicted octanol–water partition coefficient (Wildman–Crippen LogP) is 4.85. The van der Waals surface area contributed by atoms with E-state index in [1.165, 1.54) is 23.1 Å². The molecule has 0 unspecified atom stereocenters. The fourth-order valence-electron chi connectivity index (χ4n) is 5.62. The summed E-state index contributed by atoms with van der Waals surface area (Å²) in [6.45, 7) is -5.64. The number of methoxy groups -OCH3 is 1. The molecule has 1 aliphatic heterocycles. The first-order chi connectivity index (χ1) is 23.2. The van der Waals surface area contributed by atoms with Crippen LogP contribution < -0.4 is 14.2 Å². The van der Waals surface area contributed by atoms with E-state index in [2.05, 4.69) is 15.2 Å². The molecule has 12 nitrogen and oxygen atoms in total. The molecule has 17 heteroatoms. The SMILES string of the molecule is COc1cc(-c2c3c(OCc4cncc(C#N)c4)cc(-c4cnn(C)c4)cc3nn2C)cc(OC(F)F)c1C(=O)N1CC(O)(C(F)(F)F)C1. The molecule has 0 aliphatic carbocycles. The number of alkyl halides is 5. The standard InChI is InChI=1S/C32H26F5N7O5/c1-42-13-21(12-40-42)19-5-22-26(24(6-19)48-14-18-4-17(9-38)10-39-11-18)28(43(2)41-22)20-7-23(47-3)27(25(8-20)49-30(33)34)29(45)44-15-31(46,16-44)32(35,36)37/h4-8,10-13,30,46H,14-16H2,1-3H3. The van der Waals surface area contributed by atoms with Crippen molar-refractivity contribution in [3.8, 4) is 45.7 Å². The van der Waals surface area contributed by atoms with Crippen molar-refractivity contribution in [2.75, 3.05) is 20.2 Å². The molecule has 2 aromatic carbocycles. The first-order valence-electron chi connectivity index (χ1n) is 14.4. The van der Waals surface area contributed by atoms with Gasteiger partial charge in [-0.3, -0.25) is 19.1 Å². The van der Waals surface area contributed by atoms with Gasteiger partial charge < -0.3 is 24.2 Å². The van der Waals surface area contributed by atoms with Crippen molar-refractivity contribution >= 4 is 16.8 Å². The Bertz CT molecular complexity index is 2120. The van der Waals surface area contributed by atoms with Crippen LogP contribution >= 0.6 is 0 Å². The molecule has 1 N–H and O–H groups in total. The number of likely N-dealkylation sites (tertiary alicyclic amines) is 1. The zero-order valence-electron chi connectivity index (χ0n) is 26.0. The molecule has 4 heterocycles. The third kappa shape index (κ3) is 6.18. The summed E-state index contributed by atoms with van der Waals surface area (Å²) in [4.78, 5) is 18.1. The van der Waals surface area contributed by atoms with Gasteiger partial charge in [0.15, 0.2) is 5.60 Å². The van der Waals surface area contributed by atoms with E-state index in [9.17, 15) is 37.1 Å². The van der Waals surface area contributed by atoms with Crippen LogP contribution in [0.3, 0.4) is 0 Å². The van der Waals surface area contributed by atoms with Crippen molar-refractivity contribution in [1.82, 2.24) is 29.4 Å². The van der Waals surface area contributed by atoms with Crippen LogP contribution in [0.15, 0.2) is 55.1 Å². The molecule has 1 fully saturated rings. The fraction of sp³-hybridized carbons (Fsp3) is 0.281. The largest absolute Gasteiger partial charge is 0.496 e. The molecule has 5 aromatic rings. The van der Waals surface area contributed by atoms with Crippen LogP contribution in [0.1, 0.15) is 21.5 Å². The van der Waals surface area contributed by atoms with Gasteiger partial charge in [0, 0.05) is 49.4 Å². The van der Waals surface area contributed by atoms with E-state index >= 15 is 0 Å². The maximum atomic E-state index is 13.7. The summed E-state index contributed by atoms with van der Waals surface area (Å²) >= 11 is 0. The molecule has 3 aromatic heterocycles. The minimum Gasteiger partial charge on any atom is -0.496 e. The second kappa shape index (κ2) is 12.4. The summed E-state index contributed by atoms with van der Waals surface area (Å²) in [7, 11) is 4.51. The number of carbonyl (C=O) groups excluding carboxylic acids is 1. The number of ether oxygens (including phenoxy) is 3. The topological polar surface area (TPSA) is 141 Å². The molecule has 0 atom stereocenters. The second-order valence-corrected chi connectivity index (χ2v) is 11.3. The van der Waals surface area contributed by atoms with Crippen molar-refractivity contribution < 1.29 is 46.1 Å². The number of halogens is 5. The Kier molecular flexibility index (Phi) is 8.36. The van der Waals surface area contributed by atoms with Crippen molar-refractivity contribution in [1.29, 1.82) is 5.26 Å². The zero-order chi connectivity index (χ0) is 35.2. The number of hydrogen-bond donors (Lipinski definition) is 1. The van der Waals surface area contributed by atoms with Gasteiger partial charge in [-0.15, -0.1) is 0 Å². The maximum Gasteiger partial charge on any atom is 0.420 e. The number of aromatic nitrogens is 5. The minimum atomic E-state index is -5.01. The number of rotatable bonds is 9. The molecule has 1 amide bonds. The Morgan fingerprint density at radius 3 is 2.39 bits per heavy atom. The highest BCUT2D eigenvalue weighted by atomic mass is 19.4. The Hall–Kier alpha value is -5.76. The highest BCUT2D eigenvalue weighted by Gasteiger charge is 2.62. The van der Waals surface area contributed by atoms with Crippen LogP contribution in [-0.2, 0) is 20.7 Å². The van der Waals surface area contributed by atoms with Crippen molar-refractivity contribution in [2.45, 2.75) is 25.0 Å². The quantitative estimate of drug-likeness (QED) is 0.216. The number of β-amino-alcohol motifs (C(OH)–C–C–N with tert-alkyl or cyclic N) is 1. The van der Waals surface area contributed by atoms with Gasteiger partial charge in [0.2, 0.25) is 0 Å².